The topological polar surface area (TPSA) is 72.2 Å². The Kier molecular flexibility index (Phi) is 3.56. The van der Waals surface area contributed by atoms with Gasteiger partial charge in [0.1, 0.15) is 0 Å². The lowest BCUT2D eigenvalue weighted by Gasteiger charge is -2.34. The molecule has 0 bridgehead atoms. The summed E-state index contributed by atoms with van der Waals surface area (Å²) in [5.41, 5.74) is 0.148. The van der Waals surface area contributed by atoms with Crippen LogP contribution in [0.5, 0.6) is 0 Å². The summed E-state index contributed by atoms with van der Waals surface area (Å²) in [6, 6.07) is -0.664. The highest BCUT2D eigenvalue weighted by Crippen LogP contribution is 2.28. The Morgan fingerprint density at radius 1 is 1.31 bits per heavy atom. The molecular weight excluding hydrogens is 245 g/mol. The van der Waals surface area contributed by atoms with Crippen molar-refractivity contribution in [3.05, 3.63) is 0 Å². The van der Waals surface area contributed by atoms with Gasteiger partial charge in [0.05, 0.1) is 0 Å². The Bertz CT molecular complexity index is 341. The molecule has 0 spiro atoms. The van der Waals surface area contributed by atoms with Gasteiger partial charge in [-0.15, -0.1) is 0 Å². The standard InChI is InChI=1S/C8H15F3N2O2S/c1-7(12)4-2-6(3-5-7)13-16(14,15)8(9,10)11/h6,13H,2-5,12H2,1H3. The van der Waals surface area contributed by atoms with E-state index in [1.54, 1.807) is 4.72 Å². The zero-order valence-electron chi connectivity index (χ0n) is 8.84. The van der Waals surface area contributed by atoms with E-state index in [2.05, 4.69) is 0 Å². The molecule has 0 radical (unpaired) electrons. The van der Waals surface area contributed by atoms with Crippen molar-refractivity contribution in [3.8, 4) is 0 Å². The quantitative estimate of drug-likeness (QED) is 0.780. The van der Waals surface area contributed by atoms with Crippen LogP contribution in [-0.4, -0.2) is 25.5 Å². The fourth-order valence-corrected chi connectivity index (χ4v) is 2.49. The van der Waals surface area contributed by atoms with Gasteiger partial charge in [-0.25, -0.2) is 13.1 Å². The van der Waals surface area contributed by atoms with Crippen LogP contribution in [0.3, 0.4) is 0 Å². The predicted octanol–water partition coefficient (Wildman–Crippen LogP) is 1.09. The fraction of sp³-hybridized carbons (Fsp3) is 1.00. The molecule has 1 aliphatic rings. The molecule has 1 saturated carbocycles. The van der Waals surface area contributed by atoms with Gasteiger partial charge >= 0.3 is 15.5 Å². The first-order chi connectivity index (χ1) is 7.04. The first-order valence-electron chi connectivity index (χ1n) is 4.91. The van der Waals surface area contributed by atoms with Crippen molar-refractivity contribution < 1.29 is 21.6 Å². The molecule has 0 aromatic heterocycles. The van der Waals surface area contributed by atoms with Crippen LogP contribution in [-0.2, 0) is 10.0 Å². The molecule has 0 unspecified atom stereocenters. The van der Waals surface area contributed by atoms with Crippen LogP contribution < -0.4 is 10.5 Å². The molecule has 0 amide bonds. The van der Waals surface area contributed by atoms with E-state index >= 15 is 0 Å². The average molecular weight is 260 g/mol. The van der Waals surface area contributed by atoms with Crippen molar-refractivity contribution in [1.82, 2.24) is 4.72 Å². The Hall–Kier alpha value is -0.340. The van der Waals surface area contributed by atoms with Crippen molar-refractivity contribution in [2.45, 2.75) is 49.7 Å². The molecular formula is C8H15F3N2O2S. The Balaban J connectivity index is 2.59. The summed E-state index contributed by atoms with van der Waals surface area (Å²) in [5, 5.41) is 0. The van der Waals surface area contributed by atoms with Crippen molar-refractivity contribution in [2.75, 3.05) is 0 Å². The third-order valence-corrected chi connectivity index (χ3v) is 4.01. The van der Waals surface area contributed by atoms with Crippen molar-refractivity contribution in [2.24, 2.45) is 5.73 Å². The fourth-order valence-electron chi connectivity index (χ4n) is 1.68. The van der Waals surface area contributed by atoms with Gasteiger partial charge in [-0.2, -0.15) is 13.2 Å². The highest BCUT2D eigenvalue weighted by atomic mass is 32.2. The lowest BCUT2D eigenvalue weighted by molar-refractivity contribution is -0.0452. The molecule has 0 saturated heterocycles. The van der Waals surface area contributed by atoms with Gasteiger partial charge in [0.2, 0.25) is 0 Å². The van der Waals surface area contributed by atoms with Crippen LogP contribution >= 0.6 is 0 Å². The Morgan fingerprint density at radius 2 is 1.75 bits per heavy atom. The number of sulfonamides is 1. The van der Waals surface area contributed by atoms with E-state index in [0.29, 0.717) is 25.7 Å². The first kappa shape index (κ1) is 13.7. The summed E-state index contributed by atoms with van der Waals surface area (Å²) >= 11 is 0. The summed E-state index contributed by atoms with van der Waals surface area (Å²) < 4.78 is 59.5. The number of alkyl halides is 3. The molecule has 0 aromatic carbocycles. The average Bonchev–Trinajstić information content (AvgIpc) is 2.06. The van der Waals surface area contributed by atoms with Crippen LogP contribution in [0.4, 0.5) is 13.2 Å². The van der Waals surface area contributed by atoms with E-state index in [4.69, 9.17) is 5.73 Å². The van der Waals surface area contributed by atoms with Gasteiger partial charge in [-0.05, 0) is 32.6 Å². The van der Waals surface area contributed by atoms with E-state index in [-0.39, 0.29) is 0 Å². The number of hydrogen-bond acceptors (Lipinski definition) is 3. The largest absolute Gasteiger partial charge is 0.511 e. The molecule has 1 aliphatic carbocycles. The van der Waals surface area contributed by atoms with Gasteiger partial charge in [0.15, 0.2) is 0 Å². The summed E-state index contributed by atoms with van der Waals surface area (Å²) in [7, 11) is -5.23. The van der Waals surface area contributed by atoms with Gasteiger partial charge in [-0.1, -0.05) is 0 Å². The van der Waals surface area contributed by atoms with Crippen LogP contribution in [0.1, 0.15) is 32.6 Å². The highest BCUT2D eigenvalue weighted by Gasteiger charge is 2.47. The third kappa shape index (κ3) is 3.33. The molecule has 0 aromatic rings. The second-order valence-electron chi connectivity index (χ2n) is 4.50. The maximum atomic E-state index is 12.1. The number of rotatable bonds is 2. The van der Waals surface area contributed by atoms with E-state index in [1.165, 1.54) is 0 Å². The lowest BCUT2D eigenvalue weighted by atomic mass is 9.82. The van der Waals surface area contributed by atoms with E-state index in [1.807, 2.05) is 6.92 Å². The summed E-state index contributed by atoms with van der Waals surface area (Å²) in [4.78, 5) is 0. The van der Waals surface area contributed by atoms with Crippen molar-refractivity contribution >= 4 is 10.0 Å². The Labute approximate surface area is 92.4 Å². The van der Waals surface area contributed by atoms with Crippen LogP contribution in [0.15, 0.2) is 0 Å². The number of hydrogen-bond donors (Lipinski definition) is 2. The molecule has 0 aliphatic heterocycles. The minimum absolute atomic E-state index is 0.336. The minimum Gasteiger partial charge on any atom is -0.325 e. The lowest BCUT2D eigenvalue weighted by Crippen LogP contribution is -2.48. The zero-order chi connectivity index (χ0) is 12.6. The van der Waals surface area contributed by atoms with Gasteiger partial charge in [-0.3, -0.25) is 0 Å². The first-order valence-corrected chi connectivity index (χ1v) is 6.39. The number of halogens is 3. The van der Waals surface area contributed by atoms with Crippen LogP contribution in [0, 0.1) is 0 Å². The summed E-state index contributed by atoms with van der Waals surface area (Å²) in [6.07, 6.45) is 1.70. The molecule has 16 heavy (non-hydrogen) atoms. The molecule has 4 nitrogen and oxygen atoms in total. The molecule has 3 N–H and O–H groups in total. The van der Waals surface area contributed by atoms with Crippen molar-refractivity contribution in [1.29, 1.82) is 0 Å². The van der Waals surface area contributed by atoms with E-state index < -0.39 is 27.1 Å². The minimum atomic E-state index is -5.24. The summed E-state index contributed by atoms with van der Waals surface area (Å²) in [5.74, 6) is 0. The van der Waals surface area contributed by atoms with Gasteiger partial charge in [0, 0.05) is 11.6 Å². The van der Waals surface area contributed by atoms with Gasteiger partial charge < -0.3 is 5.73 Å². The Morgan fingerprint density at radius 3 is 2.12 bits per heavy atom. The SMILES string of the molecule is CC1(N)CCC(NS(=O)(=O)C(F)(F)F)CC1. The number of nitrogens with one attached hydrogen (secondary N) is 1. The normalized spacial score (nSPS) is 32.7. The second kappa shape index (κ2) is 4.15. The maximum Gasteiger partial charge on any atom is 0.511 e. The zero-order valence-corrected chi connectivity index (χ0v) is 9.66. The smallest absolute Gasteiger partial charge is 0.325 e. The predicted molar refractivity (Wildman–Crippen MR) is 53.0 cm³/mol. The molecule has 8 heteroatoms. The maximum absolute atomic E-state index is 12.1. The third-order valence-electron chi connectivity index (χ3n) is 2.75. The molecule has 0 heterocycles. The van der Waals surface area contributed by atoms with E-state index in [9.17, 15) is 21.6 Å². The monoisotopic (exact) mass is 260 g/mol. The molecule has 1 fully saturated rings. The van der Waals surface area contributed by atoms with Crippen molar-refractivity contribution in [3.63, 3.8) is 0 Å². The van der Waals surface area contributed by atoms with E-state index in [0.717, 1.165) is 0 Å². The summed E-state index contributed by atoms with van der Waals surface area (Å²) in [6.45, 7) is 1.81. The second-order valence-corrected chi connectivity index (χ2v) is 6.20. The molecule has 1 rings (SSSR count). The van der Waals surface area contributed by atoms with Crippen LogP contribution in [0.25, 0.3) is 0 Å². The van der Waals surface area contributed by atoms with Gasteiger partial charge in [0.25, 0.3) is 0 Å². The van der Waals surface area contributed by atoms with Crippen LogP contribution in [0.2, 0.25) is 0 Å². The number of nitrogens with two attached hydrogens (primary N) is 1. The highest BCUT2D eigenvalue weighted by molar-refractivity contribution is 7.90. The molecule has 0 atom stereocenters. The molecule has 96 valence electrons.